The van der Waals surface area contributed by atoms with Gasteiger partial charge in [-0.3, -0.25) is 4.90 Å². The summed E-state index contributed by atoms with van der Waals surface area (Å²) >= 11 is 8.05. The lowest BCUT2D eigenvalue weighted by Crippen LogP contribution is -2.31. The van der Waals surface area contributed by atoms with Crippen LogP contribution in [0.3, 0.4) is 0 Å². The maximum Gasteiger partial charge on any atom is 0.161 e. The Morgan fingerprint density at radius 1 is 1.03 bits per heavy atom. The third kappa shape index (κ3) is 3.87. The summed E-state index contributed by atoms with van der Waals surface area (Å²) in [6.45, 7) is 2.97. The van der Waals surface area contributed by atoms with Gasteiger partial charge in [0.15, 0.2) is 11.5 Å². The van der Waals surface area contributed by atoms with E-state index in [1.54, 1.807) is 37.7 Å². The molecule has 4 nitrogen and oxygen atoms in total. The van der Waals surface area contributed by atoms with Crippen molar-refractivity contribution in [2.24, 2.45) is 0 Å². The van der Waals surface area contributed by atoms with Crippen molar-refractivity contribution in [1.29, 1.82) is 0 Å². The number of benzene rings is 2. The average molecular weight is 471 g/mol. The van der Waals surface area contributed by atoms with E-state index in [-0.39, 0.29) is 5.82 Å². The van der Waals surface area contributed by atoms with Gasteiger partial charge in [-0.2, -0.15) is 0 Å². The monoisotopic (exact) mass is 470 g/mol. The topological polar surface area (TPSA) is 26.6 Å². The quantitative estimate of drug-likeness (QED) is 0.339. The van der Waals surface area contributed by atoms with Gasteiger partial charge in [0.1, 0.15) is 5.82 Å². The van der Waals surface area contributed by atoms with E-state index in [1.165, 1.54) is 21.9 Å². The summed E-state index contributed by atoms with van der Waals surface area (Å²) in [6, 6.07) is 13.4. The SMILES string of the molecule is COc1cc2c(cc1OC)CN(Cc1cc3sccc3n1Cc1c(F)cccc1Cl)CC2. The predicted molar refractivity (Wildman–Crippen MR) is 128 cm³/mol. The van der Waals surface area contributed by atoms with E-state index in [9.17, 15) is 4.39 Å². The van der Waals surface area contributed by atoms with Crippen molar-refractivity contribution in [2.45, 2.75) is 26.1 Å². The maximum atomic E-state index is 14.5. The lowest BCUT2D eigenvalue weighted by molar-refractivity contribution is 0.238. The summed E-state index contributed by atoms with van der Waals surface area (Å²) in [5, 5.41) is 2.53. The molecule has 0 aliphatic carbocycles. The molecule has 0 saturated carbocycles. The molecule has 0 atom stereocenters. The first-order valence-corrected chi connectivity index (χ1v) is 11.8. The Morgan fingerprint density at radius 2 is 1.81 bits per heavy atom. The number of hydrogen-bond donors (Lipinski definition) is 0. The standard InChI is InChI=1S/C25H24ClFN2O2S/c1-30-23-10-16-6-8-28(13-17(16)11-24(23)31-2)14-18-12-25-22(7-9-32-25)29(18)15-19-20(26)4-3-5-21(19)27/h3-5,7,9-12H,6,8,13-15H2,1-2H3. The number of hydrogen-bond acceptors (Lipinski definition) is 4. The highest BCUT2D eigenvalue weighted by Gasteiger charge is 2.22. The molecule has 4 aromatic rings. The number of halogens is 2. The Bertz CT molecular complexity index is 1260. The second-order valence-corrected chi connectivity index (χ2v) is 9.38. The van der Waals surface area contributed by atoms with Crippen LogP contribution in [0.25, 0.3) is 10.2 Å². The molecule has 166 valence electrons. The highest BCUT2D eigenvalue weighted by atomic mass is 35.5. The highest BCUT2D eigenvalue weighted by Crippen LogP contribution is 2.34. The number of aromatic nitrogens is 1. The maximum absolute atomic E-state index is 14.5. The zero-order chi connectivity index (χ0) is 22.2. The van der Waals surface area contributed by atoms with Crippen LogP contribution in [0.5, 0.6) is 11.5 Å². The van der Waals surface area contributed by atoms with Crippen molar-refractivity contribution in [2.75, 3.05) is 20.8 Å². The van der Waals surface area contributed by atoms with Crippen molar-refractivity contribution >= 4 is 33.2 Å². The summed E-state index contributed by atoms with van der Waals surface area (Å²) in [7, 11) is 3.33. The summed E-state index contributed by atoms with van der Waals surface area (Å²) in [6.07, 6.45) is 0.948. The van der Waals surface area contributed by atoms with Gasteiger partial charge in [0.2, 0.25) is 0 Å². The number of methoxy groups -OCH3 is 2. The van der Waals surface area contributed by atoms with Crippen LogP contribution < -0.4 is 9.47 Å². The molecule has 1 aliphatic heterocycles. The molecule has 0 radical (unpaired) electrons. The lowest BCUT2D eigenvalue weighted by atomic mass is 9.98. The first kappa shape index (κ1) is 21.3. The minimum atomic E-state index is -0.270. The molecule has 0 N–H and O–H groups in total. The van der Waals surface area contributed by atoms with Crippen molar-refractivity contribution in [3.8, 4) is 11.5 Å². The zero-order valence-electron chi connectivity index (χ0n) is 18.0. The second-order valence-electron chi connectivity index (χ2n) is 8.03. The molecule has 0 unspecified atom stereocenters. The Balaban J connectivity index is 1.44. The molecule has 7 heteroatoms. The molecule has 32 heavy (non-hydrogen) atoms. The first-order chi connectivity index (χ1) is 15.6. The van der Waals surface area contributed by atoms with E-state index in [2.05, 4.69) is 39.1 Å². The van der Waals surface area contributed by atoms with E-state index >= 15 is 0 Å². The molecule has 5 rings (SSSR count). The average Bonchev–Trinajstić information content (AvgIpc) is 3.37. The number of rotatable bonds is 6. The van der Waals surface area contributed by atoms with Crippen LogP contribution in [0.1, 0.15) is 22.4 Å². The van der Waals surface area contributed by atoms with Crippen LogP contribution in [-0.2, 0) is 26.1 Å². The fraction of sp³-hybridized carbons (Fsp3) is 0.280. The zero-order valence-corrected chi connectivity index (χ0v) is 19.6. The number of fused-ring (bicyclic) bond motifs is 2. The van der Waals surface area contributed by atoms with Crippen LogP contribution in [0.4, 0.5) is 4.39 Å². The Kier molecular flexibility index (Phi) is 5.84. The molecule has 0 bridgehead atoms. The summed E-state index contributed by atoms with van der Waals surface area (Å²) < 4.78 is 28.9. The van der Waals surface area contributed by atoms with Gasteiger partial charge >= 0.3 is 0 Å². The number of thiophene rings is 1. The summed E-state index contributed by atoms with van der Waals surface area (Å²) in [5.41, 5.74) is 5.36. The summed E-state index contributed by atoms with van der Waals surface area (Å²) in [4.78, 5) is 2.42. The number of nitrogens with zero attached hydrogens (tertiary/aromatic N) is 2. The van der Waals surface area contributed by atoms with Gasteiger partial charge < -0.3 is 14.0 Å². The van der Waals surface area contributed by atoms with Crippen LogP contribution in [0, 0.1) is 5.82 Å². The fourth-order valence-electron chi connectivity index (χ4n) is 4.49. The molecule has 1 aliphatic rings. The molecule has 2 aromatic heterocycles. The second kappa shape index (κ2) is 8.77. The van der Waals surface area contributed by atoms with Crippen molar-refractivity contribution in [3.05, 3.63) is 81.1 Å². The van der Waals surface area contributed by atoms with E-state index in [4.69, 9.17) is 21.1 Å². The molecule has 0 spiro atoms. The summed E-state index contributed by atoms with van der Waals surface area (Å²) in [5.74, 6) is 1.26. The third-order valence-corrected chi connectivity index (χ3v) is 7.38. The van der Waals surface area contributed by atoms with E-state index in [0.717, 1.165) is 48.8 Å². The molecule has 0 fully saturated rings. The predicted octanol–water partition coefficient (Wildman–Crippen LogP) is 6.12. The Labute approximate surface area is 195 Å². The molecular weight excluding hydrogens is 447 g/mol. The highest BCUT2D eigenvalue weighted by molar-refractivity contribution is 7.17. The van der Waals surface area contributed by atoms with E-state index in [0.29, 0.717) is 17.1 Å². The van der Waals surface area contributed by atoms with Gasteiger partial charge in [-0.1, -0.05) is 17.7 Å². The minimum absolute atomic E-state index is 0.270. The molecule has 2 aromatic carbocycles. The van der Waals surface area contributed by atoms with Gasteiger partial charge in [-0.05, 0) is 59.3 Å². The fourth-order valence-corrected chi connectivity index (χ4v) is 5.56. The molecule has 0 saturated heterocycles. The Hall–Kier alpha value is -2.54. The van der Waals surface area contributed by atoms with Crippen molar-refractivity contribution in [1.82, 2.24) is 9.47 Å². The van der Waals surface area contributed by atoms with Gasteiger partial charge in [0.25, 0.3) is 0 Å². The van der Waals surface area contributed by atoms with Gasteiger partial charge in [-0.25, -0.2) is 4.39 Å². The van der Waals surface area contributed by atoms with Gasteiger partial charge in [-0.15, -0.1) is 11.3 Å². The van der Waals surface area contributed by atoms with E-state index < -0.39 is 0 Å². The van der Waals surface area contributed by atoms with Gasteiger partial charge in [0, 0.05) is 35.9 Å². The van der Waals surface area contributed by atoms with Crippen LogP contribution >= 0.6 is 22.9 Å². The van der Waals surface area contributed by atoms with Crippen LogP contribution in [0.15, 0.2) is 47.8 Å². The first-order valence-electron chi connectivity index (χ1n) is 10.5. The molecule has 3 heterocycles. The number of ether oxygens (including phenoxy) is 2. The lowest BCUT2D eigenvalue weighted by Gasteiger charge is -2.30. The van der Waals surface area contributed by atoms with E-state index in [1.807, 2.05) is 0 Å². The van der Waals surface area contributed by atoms with Gasteiger partial charge in [0.05, 0.1) is 31.0 Å². The van der Waals surface area contributed by atoms with Crippen LogP contribution in [0.2, 0.25) is 5.02 Å². The van der Waals surface area contributed by atoms with Crippen molar-refractivity contribution < 1.29 is 13.9 Å². The minimum Gasteiger partial charge on any atom is -0.493 e. The van der Waals surface area contributed by atoms with Crippen molar-refractivity contribution in [3.63, 3.8) is 0 Å². The largest absolute Gasteiger partial charge is 0.493 e. The normalized spacial score (nSPS) is 14.0. The smallest absolute Gasteiger partial charge is 0.161 e. The van der Waals surface area contributed by atoms with Crippen LogP contribution in [-0.4, -0.2) is 30.2 Å². The third-order valence-electron chi connectivity index (χ3n) is 6.17. The molecular formula is C25H24ClFN2O2S. The molecule has 0 amide bonds. The Morgan fingerprint density at radius 3 is 2.56 bits per heavy atom.